The monoisotopic (exact) mass is 247 g/mol. The van der Waals surface area contributed by atoms with Crippen LogP contribution in [0, 0.1) is 5.92 Å². The van der Waals surface area contributed by atoms with Gasteiger partial charge in [0.05, 0.1) is 6.61 Å². The van der Waals surface area contributed by atoms with Crippen molar-refractivity contribution in [3.8, 4) is 5.75 Å². The molecule has 0 amide bonds. The van der Waals surface area contributed by atoms with Crippen molar-refractivity contribution in [1.29, 1.82) is 0 Å². The molecule has 1 aromatic carbocycles. The second-order valence-corrected chi connectivity index (χ2v) is 5.09. The Morgan fingerprint density at radius 3 is 2.72 bits per heavy atom. The Kier molecular flexibility index (Phi) is 5.06. The van der Waals surface area contributed by atoms with E-state index in [0.29, 0.717) is 6.04 Å². The van der Waals surface area contributed by atoms with E-state index in [4.69, 9.17) is 4.74 Å². The van der Waals surface area contributed by atoms with E-state index in [2.05, 4.69) is 30.4 Å². The average Bonchev–Trinajstić information content (AvgIpc) is 2.90. The summed E-state index contributed by atoms with van der Waals surface area (Å²) in [6, 6.07) is 9.09. The zero-order valence-corrected chi connectivity index (χ0v) is 11.6. The lowest BCUT2D eigenvalue weighted by atomic mass is 9.91. The summed E-state index contributed by atoms with van der Waals surface area (Å²) in [6.07, 6.45) is 5.49. The lowest BCUT2D eigenvalue weighted by molar-refractivity contribution is 0.336. The Morgan fingerprint density at radius 1 is 1.28 bits per heavy atom. The van der Waals surface area contributed by atoms with Gasteiger partial charge in [0.25, 0.3) is 0 Å². The second-order valence-electron chi connectivity index (χ2n) is 5.09. The van der Waals surface area contributed by atoms with Crippen molar-refractivity contribution in [2.75, 3.05) is 13.2 Å². The predicted molar refractivity (Wildman–Crippen MR) is 76.0 cm³/mol. The third-order valence-electron chi connectivity index (χ3n) is 3.82. The Bertz CT molecular complexity index is 358. The van der Waals surface area contributed by atoms with Gasteiger partial charge in [-0.15, -0.1) is 0 Å². The largest absolute Gasteiger partial charge is 0.494 e. The van der Waals surface area contributed by atoms with Crippen LogP contribution in [-0.2, 0) is 0 Å². The molecule has 1 atom stereocenters. The lowest BCUT2D eigenvalue weighted by Crippen LogP contribution is -2.26. The van der Waals surface area contributed by atoms with Crippen molar-refractivity contribution >= 4 is 0 Å². The Labute approximate surface area is 111 Å². The summed E-state index contributed by atoms with van der Waals surface area (Å²) in [5.74, 6) is 1.79. The third kappa shape index (κ3) is 3.26. The van der Waals surface area contributed by atoms with E-state index in [9.17, 15) is 0 Å². The van der Waals surface area contributed by atoms with Gasteiger partial charge in [0.1, 0.15) is 5.75 Å². The first-order chi connectivity index (χ1) is 8.85. The molecule has 2 rings (SSSR count). The zero-order chi connectivity index (χ0) is 12.8. The van der Waals surface area contributed by atoms with Crippen LogP contribution < -0.4 is 10.1 Å². The molecular formula is C16H25NO. The number of nitrogens with one attached hydrogen (secondary N) is 1. The maximum absolute atomic E-state index is 5.61. The minimum Gasteiger partial charge on any atom is -0.494 e. The zero-order valence-electron chi connectivity index (χ0n) is 11.6. The Hall–Kier alpha value is -1.02. The molecule has 0 spiro atoms. The minimum absolute atomic E-state index is 0.498. The molecule has 0 aliphatic heterocycles. The minimum atomic E-state index is 0.498. The highest BCUT2D eigenvalue weighted by Crippen LogP contribution is 2.36. The van der Waals surface area contributed by atoms with Crippen LogP contribution in [0.5, 0.6) is 5.75 Å². The molecule has 18 heavy (non-hydrogen) atoms. The van der Waals surface area contributed by atoms with E-state index >= 15 is 0 Å². The normalized spacial score (nSPS) is 17.9. The van der Waals surface area contributed by atoms with Gasteiger partial charge in [-0.2, -0.15) is 0 Å². The van der Waals surface area contributed by atoms with Gasteiger partial charge in [-0.25, -0.2) is 0 Å². The first kappa shape index (κ1) is 13.4. The summed E-state index contributed by atoms with van der Waals surface area (Å²) < 4.78 is 5.61. The molecule has 2 heteroatoms. The van der Waals surface area contributed by atoms with E-state index < -0.39 is 0 Å². The first-order valence-electron chi connectivity index (χ1n) is 7.31. The fraction of sp³-hybridized carbons (Fsp3) is 0.625. The van der Waals surface area contributed by atoms with Crippen LogP contribution in [0.1, 0.15) is 51.1 Å². The molecule has 0 radical (unpaired) electrons. The van der Waals surface area contributed by atoms with Gasteiger partial charge >= 0.3 is 0 Å². The number of ether oxygens (including phenoxy) is 1. The maximum atomic E-state index is 5.61. The summed E-state index contributed by atoms with van der Waals surface area (Å²) in [5, 5.41) is 3.65. The summed E-state index contributed by atoms with van der Waals surface area (Å²) >= 11 is 0. The molecule has 0 saturated heterocycles. The fourth-order valence-corrected chi connectivity index (χ4v) is 3.03. The topological polar surface area (TPSA) is 21.3 Å². The van der Waals surface area contributed by atoms with E-state index in [1.54, 1.807) is 0 Å². The molecule has 1 N–H and O–H groups in total. The van der Waals surface area contributed by atoms with E-state index in [-0.39, 0.29) is 0 Å². The first-order valence-corrected chi connectivity index (χ1v) is 7.31. The third-order valence-corrected chi connectivity index (χ3v) is 3.82. The van der Waals surface area contributed by atoms with Gasteiger partial charge in [-0.05, 0) is 49.9 Å². The van der Waals surface area contributed by atoms with E-state index in [1.807, 2.05) is 13.0 Å². The molecule has 1 aromatic rings. The summed E-state index contributed by atoms with van der Waals surface area (Å²) in [4.78, 5) is 0. The van der Waals surface area contributed by atoms with Crippen LogP contribution in [0.3, 0.4) is 0 Å². The van der Waals surface area contributed by atoms with Crippen LogP contribution in [0.25, 0.3) is 0 Å². The molecule has 2 nitrogen and oxygen atoms in total. The number of benzene rings is 1. The van der Waals surface area contributed by atoms with Crippen molar-refractivity contribution in [3.63, 3.8) is 0 Å². The molecule has 0 aromatic heterocycles. The van der Waals surface area contributed by atoms with Gasteiger partial charge in [-0.1, -0.05) is 31.9 Å². The van der Waals surface area contributed by atoms with Gasteiger partial charge in [0.2, 0.25) is 0 Å². The van der Waals surface area contributed by atoms with E-state index in [0.717, 1.165) is 24.8 Å². The molecule has 100 valence electrons. The van der Waals surface area contributed by atoms with Crippen LogP contribution in [0.2, 0.25) is 0 Å². The molecule has 1 saturated carbocycles. The molecule has 0 heterocycles. The maximum Gasteiger partial charge on any atom is 0.119 e. The van der Waals surface area contributed by atoms with Gasteiger partial charge in [0.15, 0.2) is 0 Å². The van der Waals surface area contributed by atoms with Crippen molar-refractivity contribution < 1.29 is 4.74 Å². The Balaban J connectivity index is 2.15. The predicted octanol–water partition coefficient (Wildman–Crippen LogP) is 3.93. The van der Waals surface area contributed by atoms with Crippen molar-refractivity contribution in [2.45, 2.75) is 45.6 Å². The smallest absolute Gasteiger partial charge is 0.119 e. The van der Waals surface area contributed by atoms with Crippen LogP contribution >= 0.6 is 0 Å². The van der Waals surface area contributed by atoms with Gasteiger partial charge in [0, 0.05) is 6.04 Å². The molecule has 1 unspecified atom stereocenters. The number of hydrogen-bond acceptors (Lipinski definition) is 2. The number of rotatable bonds is 6. The van der Waals surface area contributed by atoms with Crippen LogP contribution in [0.4, 0.5) is 0 Å². The molecule has 1 aliphatic carbocycles. The summed E-state index contributed by atoms with van der Waals surface area (Å²) in [5.41, 5.74) is 1.38. The summed E-state index contributed by atoms with van der Waals surface area (Å²) in [7, 11) is 0. The average molecular weight is 247 g/mol. The number of hydrogen-bond donors (Lipinski definition) is 1. The van der Waals surface area contributed by atoms with E-state index in [1.165, 1.54) is 31.2 Å². The summed E-state index contributed by atoms with van der Waals surface area (Å²) in [6.45, 7) is 5.98. The molecule has 0 bridgehead atoms. The molecule has 1 fully saturated rings. The SMILES string of the molecule is CCNC(c1cccc(OCC)c1)C1CCCC1. The second kappa shape index (κ2) is 6.79. The molecular weight excluding hydrogens is 222 g/mol. The standard InChI is InChI=1S/C16H25NO/c1-3-17-16(13-8-5-6-9-13)14-10-7-11-15(12-14)18-4-2/h7,10-13,16-17H,3-6,8-9H2,1-2H3. The van der Waals surface area contributed by atoms with Crippen LogP contribution in [0.15, 0.2) is 24.3 Å². The molecule has 1 aliphatic rings. The lowest BCUT2D eigenvalue weighted by Gasteiger charge is -2.25. The van der Waals surface area contributed by atoms with Crippen molar-refractivity contribution in [2.24, 2.45) is 5.92 Å². The van der Waals surface area contributed by atoms with Gasteiger partial charge in [-0.3, -0.25) is 0 Å². The van der Waals surface area contributed by atoms with Gasteiger partial charge < -0.3 is 10.1 Å². The fourth-order valence-electron chi connectivity index (χ4n) is 3.03. The quantitative estimate of drug-likeness (QED) is 0.822. The van der Waals surface area contributed by atoms with Crippen molar-refractivity contribution in [3.05, 3.63) is 29.8 Å². The Morgan fingerprint density at radius 2 is 2.06 bits per heavy atom. The highest BCUT2D eigenvalue weighted by atomic mass is 16.5. The van der Waals surface area contributed by atoms with Crippen molar-refractivity contribution in [1.82, 2.24) is 5.32 Å². The van der Waals surface area contributed by atoms with Crippen LogP contribution in [-0.4, -0.2) is 13.2 Å². The highest BCUT2D eigenvalue weighted by Gasteiger charge is 2.25. The highest BCUT2D eigenvalue weighted by molar-refractivity contribution is 5.31.